The van der Waals surface area contributed by atoms with Crippen molar-refractivity contribution in [3.63, 3.8) is 0 Å². The summed E-state index contributed by atoms with van der Waals surface area (Å²) in [7, 11) is 0. The van der Waals surface area contributed by atoms with Gasteiger partial charge in [-0.2, -0.15) is 0 Å². The molecule has 0 spiro atoms. The molecule has 94 valence electrons. The molecule has 1 N–H and O–H groups in total. The summed E-state index contributed by atoms with van der Waals surface area (Å²) in [5.74, 6) is 0.572. The Balaban J connectivity index is 1.89. The lowest BCUT2D eigenvalue weighted by Crippen LogP contribution is -2.19. The van der Waals surface area contributed by atoms with Crippen molar-refractivity contribution >= 4 is 17.9 Å². The molecular formula is C14H10N2O3. The standard InChI is InChI=1S/C14H10N2O3/c17-13-7-10(14(18)16-13)6-11-3-4-12(19-11)9-2-1-5-15-8-9/h1-6,8H,7H2,(H,16,17,18). The van der Waals surface area contributed by atoms with Gasteiger partial charge in [0.15, 0.2) is 0 Å². The van der Waals surface area contributed by atoms with E-state index < -0.39 is 0 Å². The Kier molecular flexibility index (Phi) is 2.72. The van der Waals surface area contributed by atoms with Crippen molar-refractivity contribution in [2.75, 3.05) is 0 Å². The fraction of sp³-hybridized carbons (Fsp3) is 0.0714. The Bertz CT molecular complexity index is 671. The first-order chi connectivity index (χ1) is 9.22. The molecule has 2 aromatic rings. The summed E-state index contributed by atoms with van der Waals surface area (Å²) in [6.07, 6.45) is 5.06. The summed E-state index contributed by atoms with van der Waals surface area (Å²) in [4.78, 5) is 26.5. The van der Waals surface area contributed by atoms with Gasteiger partial charge in [-0.15, -0.1) is 0 Å². The molecule has 19 heavy (non-hydrogen) atoms. The highest BCUT2D eigenvalue weighted by atomic mass is 16.3. The molecule has 2 aromatic heterocycles. The van der Waals surface area contributed by atoms with E-state index in [9.17, 15) is 9.59 Å². The second-order valence-electron chi connectivity index (χ2n) is 4.17. The van der Waals surface area contributed by atoms with Crippen LogP contribution in [0.2, 0.25) is 0 Å². The van der Waals surface area contributed by atoms with E-state index in [4.69, 9.17) is 4.42 Å². The van der Waals surface area contributed by atoms with Crippen molar-refractivity contribution in [2.24, 2.45) is 0 Å². The predicted octanol–water partition coefficient (Wildman–Crippen LogP) is 1.77. The number of hydrogen-bond acceptors (Lipinski definition) is 4. The Morgan fingerprint density at radius 3 is 2.84 bits per heavy atom. The van der Waals surface area contributed by atoms with Crippen LogP contribution < -0.4 is 5.32 Å². The largest absolute Gasteiger partial charge is 0.457 e. The quantitative estimate of drug-likeness (QED) is 0.654. The smallest absolute Gasteiger partial charge is 0.254 e. The highest BCUT2D eigenvalue weighted by Crippen LogP contribution is 2.23. The van der Waals surface area contributed by atoms with Crippen LogP contribution in [0, 0.1) is 0 Å². The van der Waals surface area contributed by atoms with Crippen molar-refractivity contribution in [3.05, 3.63) is 48.0 Å². The average molecular weight is 254 g/mol. The van der Waals surface area contributed by atoms with Crippen LogP contribution >= 0.6 is 0 Å². The Morgan fingerprint density at radius 2 is 2.16 bits per heavy atom. The lowest BCUT2D eigenvalue weighted by molar-refractivity contribution is -0.124. The van der Waals surface area contributed by atoms with E-state index in [1.54, 1.807) is 30.6 Å². The number of aromatic nitrogens is 1. The normalized spacial score (nSPS) is 16.9. The summed E-state index contributed by atoms with van der Waals surface area (Å²) in [6.45, 7) is 0. The van der Waals surface area contributed by atoms with E-state index in [0.29, 0.717) is 17.1 Å². The van der Waals surface area contributed by atoms with Gasteiger partial charge in [-0.3, -0.25) is 19.9 Å². The molecule has 0 unspecified atom stereocenters. The van der Waals surface area contributed by atoms with Gasteiger partial charge in [-0.25, -0.2) is 0 Å². The number of pyridine rings is 1. The van der Waals surface area contributed by atoms with Crippen LogP contribution in [-0.2, 0) is 9.59 Å². The van der Waals surface area contributed by atoms with Crippen LogP contribution in [0.3, 0.4) is 0 Å². The van der Waals surface area contributed by atoms with Gasteiger partial charge in [0.25, 0.3) is 5.91 Å². The Morgan fingerprint density at radius 1 is 1.26 bits per heavy atom. The van der Waals surface area contributed by atoms with Crippen molar-refractivity contribution < 1.29 is 14.0 Å². The average Bonchev–Trinajstić information content (AvgIpc) is 2.99. The van der Waals surface area contributed by atoms with E-state index in [0.717, 1.165) is 5.56 Å². The molecular weight excluding hydrogens is 244 g/mol. The molecule has 0 aromatic carbocycles. The molecule has 3 rings (SSSR count). The topological polar surface area (TPSA) is 72.2 Å². The molecule has 3 heterocycles. The number of rotatable bonds is 2. The molecule has 1 saturated heterocycles. The van der Waals surface area contributed by atoms with Crippen LogP contribution in [0.15, 0.2) is 46.6 Å². The molecule has 0 aliphatic carbocycles. The van der Waals surface area contributed by atoms with E-state index in [2.05, 4.69) is 10.3 Å². The second-order valence-corrected chi connectivity index (χ2v) is 4.17. The fourth-order valence-electron chi connectivity index (χ4n) is 1.89. The number of carbonyl (C=O) groups is 2. The number of furan rings is 1. The molecule has 1 aliphatic heterocycles. The highest BCUT2D eigenvalue weighted by Gasteiger charge is 2.24. The number of hydrogen-bond donors (Lipinski definition) is 1. The maximum atomic E-state index is 11.4. The fourth-order valence-corrected chi connectivity index (χ4v) is 1.89. The molecule has 0 saturated carbocycles. The van der Waals surface area contributed by atoms with Crippen LogP contribution in [0.1, 0.15) is 12.2 Å². The third-order valence-electron chi connectivity index (χ3n) is 2.78. The monoisotopic (exact) mass is 254 g/mol. The maximum Gasteiger partial charge on any atom is 0.254 e. The van der Waals surface area contributed by atoms with Crippen LogP contribution in [0.25, 0.3) is 17.4 Å². The van der Waals surface area contributed by atoms with E-state index in [1.807, 2.05) is 12.1 Å². The summed E-state index contributed by atoms with van der Waals surface area (Å²) in [5, 5.41) is 2.23. The van der Waals surface area contributed by atoms with Crippen molar-refractivity contribution in [3.8, 4) is 11.3 Å². The Hall–Kier alpha value is -2.69. The van der Waals surface area contributed by atoms with E-state index >= 15 is 0 Å². The molecule has 2 amide bonds. The molecule has 1 fully saturated rings. The number of carbonyl (C=O) groups excluding carboxylic acids is 2. The number of nitrogens with zero attached hydrogens (tertiary/aromatic N) is 1. The number of imide groups is 1. The van der Waals surface area contributed by atoms with Crippen LogP contribution in [-0.4, -0.2) is 16.8 Å². The SMILES string of the molecule is O=C1CC(=Cc2ccc(-c3cccnc3)o2)C(=O)N1. The predicted molar refractivity (Wildman–Crippen MR) is 67.7 cm³/mol. The zero-order valence-electron chi connectivity index (χ0n) is 9.92. The van der Waals surface area contributed by atoms with Crippen molar-refractivity contribution in [1.82, 2.24) is 10.3 Å². The summed E-state index contributed by atoms with van der Waals surface area (Å²) in [5.41, 5.74) is 1.27. The lowest BCUT2D eigenvalue weighted by atomic mass is 10.2. The minimum Gasteiger partial charge on any atom is -0.457 e. The van der Waals surface area contributed by atoms with Gasteiger partial charge >= 0.3 is 0 Å². The Labute approximate surface area is 109 Å². The summed E-state index contributed by atoms with van der Waals surface area (Å²) in [6, 6.07) is 7.26. The maximum absolute atomic E-state index is 11.4. The van der Waals surface area contributed by atoms with Gasteiger partial charge < -0.3 is 4.42 Å². The molecule has 1 aliphatic rings. The van der Waals surface area contributed by atoms with Gasteiger partial charge in [-0.05, 0) is 30.3 Å². The first kappa shape index (κ1) is 11.4. The zero-order valence-corrected chi connectivity index (χ0v) is 9.92. The van der Waals surface area contributed by atoms with Gasteiger partial charge in [0, 0.05) is 23.5 Å². The molecule has 0 atom stereocenters. The molecule has 5 heteroatoms. The first-order valence-corrected chi connectivity index (χ1v) is 5.77. The summed E-state index contributed by atoms with van der Waals surface area (Å²) < 4.78 is 5.61. The van der Waals surface area contributed by atoms with E-state index in [1.165, 1.54) is 0 Å². The minimum atomic E-state index is -0.357. The second kappa shape index (κ2) is 4.53. The van der Waals surface area contributed by atoms with E-state index in [-0.39, 0.29) is 18.2 Å². The van der Waals surface area contributed by atoms with Crippen LogP contribution in [0.4, 0.5) is 0 Å². The number of nitrogens with one attached hydrogen (secondary N) is 1. The molecule has 0 radical (unpaired) electrons. The third kappa shape index (κ3) is 2.30. The summed E-state index contributed by atoms with van der Waals surface area (Å²) >= 11 is 0. The van der Waals surface area contributed by atoms with Gasteiger partial charge in [0.2, 0.25) is 5.91 Å². The zero-order chi connectivity index (χ0) is 13.2. The third-order valence-corrected chi connectivity index (χ3v) is 2.78. The van der Waals surface area contributed by atoms with Gasteiger partial charge in [0.05, 0.1) is 6.42 Å². The van der Waals surface area contributed by atoms with Crippen molar-refractivity contribution in [1.29, 1.82) is 0 Å². The lowest BCUT2D eigenvalue weighted by Gasteiger charge is -1.94. The van der Waals surface area contributed by atoms with Crippen LogP contribution in [0.5, 0.6) is 0 Å². The highest BCUT2D eigenvalue weighted by molar-refractivity contribution is 6.15. The van der Waals surface area contributed by atoms with Crippen molar-refractivity contribution in [2.45, 2.75) is 6.42 Å². The van der Waals surface area contributed by atoms with Gasteiger partial charge in [0.1, 0.15) is 11.5 Å². The van der Waals surface area contributed by atoms with Gasteiger partial charge in [-0.1, -0.05) is 0 Å². The molecule has 0 bridgehead atoms. The first-order valence-electron chi connectivity index (χ1n) is 5.77. The molecule has 5 nitrogen and oxygen atoms in total. The number of amides is 2. The minimum absolute atomic E-state index is 0.0990.